The van der Waals surface area contributed by atoms with Gasteiger partial charge in [0.25, 0.3) is 0 Å². The standard InChI is InChI=1S/C33H42N2O6/c1-32(2,3)40-30(37)34-26-14-10-24(11-15-26)29(22-23-8-18-28(19-9-23)39-21-7-20-36)25-12-16-27(17-13-25)35-31(38)41-33(4,5)6/h8-19,29,36H,7,20-22H2,1-6H3,(H,34,37)(H,35,38). The van der Waals surface area contributed by atoms with Crippen molar-refractivity contribution in [2.75, 3.05) is 23.8 Å². The summed E-state index contributed by atoms with van der Waals surface area (Å²) in [5, 5.41) is 14.5. The summed E-state index contributed by atoms with van der Waals surface area (Å²) in [5.41, 5.74) is 3.37. The lowest BCUT2D eigenvalue weighted by molar-refractivity contribution is 0.0624. The van der Waals surface area contributed by atoms with Crippen molar-refractivity contribution >= 4 is 23.6 Å². The van der Waals surface area contributed by atoms with E-state index in [1.165, 1.54) is 0 Å². The molecule has 0 saturated heterocycles. The zero-order valence-electron chi connectivity index (χ0n) is 24.8. The van der Waals surface area contributed by atoms with Crippen LogP contribution in [0.5, 0.6) is 5.75 Å². The molecule has 0 radical (unpaired) electrons. The molecule has 0 fully saturated rings. The Kier molecular flexibility index (Phi) is 10.8. The molecule has 0 heterocycles. The zero-order valence-corrected chi connectivity index (χ0v) is 24.8. The summed E-state index contributed by atoms with van der Waals surface area (Å²) in [4.78, 5) is 24.4. The Balaban J connectivity index is 1.81. The van der Waals surface area contributed by atoms with Crippen LogP contribution in [0.1, 0.15) is 70.6 Å². The average molecular weight is 563 g/mol. The van der Waals surface area contributed by atoms with Gasteiger partial charge in [-0.1, -0.05) is 36.4 Å². The van der Waals surface area contributed by atoms with Crippen molar-refractivity contribution in [1.82, 2.24) is 0 Å². The maximum atomic E-state index is 12.2. The lowest BCUT2D eigenvalue weighted by Gasteiger charge is -2.21. The average Bonchev–Trinajstić information content (AvgIpc) is 2.87. The Bertz CT molecular complexity index is 1180. The third-order valence-corrected chi connectivity index (χ3v) is 5.85. The fraction of sp³-hybridized carbons (Fsp3) is 0.394. The van der Waals surface area contributed by atoms with Crippen molar-refractivity contribution in [1.29, 1.82) is 0 Å². The van der Waals surface area contributed by atoms with Gasteiger partial charge in [0.1, 0.15) is 17.0 Å². The quantitative estimate of drug-likeness (QED) is 0.221. The lowest BCUT2D eigenvalue weighted by atomic mass is 9.86. The van der Waals surface area contributed by atoms with Gasteiger partial charge in [-0.2, -0.15) is 0 Å². The number of hydrogen-bond donors (Lipinski definition) is 3. The van der Waals surface area contributed by atoms with Crippen molar-refractivity contribution in [2.24, 2.45) is 0 Å². The van der Waals surface area contributed by atoms with E-state index in [0.29, 0.717) is 30.8 Å². The van der Waals surface area contributed by atoms with Crippen molar-refractivity contribution in [2.45, 2.75) is 71.5 Å². The molecule has 0 aromatic heterocycles. The fourth-order valence-corrected chi connectivity index (χ4v) is 4.08. The van der Waals surface area contributed by atoms with Gasteiger partial charge in [0, 0.05) is 30.3 Å². The molecule has 3 aromatic carbocycles. The number of benzene rings is 3. The van der Waals surface area contributed by atoms with Gasteiger partial charge in [-0.3, -0.25) is 10.6 Å². The molecule has 3 aromatic rings. The Labute approximate surface area is 243 Å². The van der Waals surface area contributed by atoms with E-state index in [1.54, 1.807) is 0 Å². The second-order valence-electron chi connectivity index (χ2n) is 11.8. The van der Waals surface area contributed by atoms with Crippen LogP contribution in [0.3, 0.4) is 0 Å². The van der Waals surface area contributed by atoms with E-state index < -0.39 is 23.4 Å². The minimum Gasteiger partial charge on any atom is -0.494 e. The number of aliphatic hydroxyl groups is 1. The fourth-order valence-electron chi connectivity index (χ4n) is 4.08. The van der Waals surface area contributed by atoms with E-state index in [4.69, 9.17) is 19.3 Å². The van der Waals surface area contributed by atoms with Crippen LogP contribution in [0.4, 0.5) is 21.0 Å². The molecule has 220 valence electrons. The molecule has 0 atom stereocenters. The Morgan fingerprint density at radius 2 is 1.15 bits per heavy atom. The van der Waals surface area contributed by atoms with Crippen molar-refractivity contribution < 1.29 is 28.9 Å². The predicted octanol–water partition coefficient (Wildman–Crippen LogP) is 7.52. The summed E-state index contributed by atoms with van der Waals surface area (Å²) in [5.74, 6) is 0.760. The Hall–Kier alpha value is -4.04. The van der Waals surface area contributed by atoms with Crippen LogP contribution >= 0.6 is 0 Å². The predicted molar refractivity (Wildman–Crippen MR) is 162 cm³/mol. The van der Waals surface area contributed by atoms with Gasteiger partial charge in [0.2, 0.25) is 0 Å². The van der Waals surface area contributed by atoms with Crippen molar-refractivity contribution in [3.63, 3.8) is 0 Å². The molecule has 3 N–H and O–H groups in total. The minimum absolute atomic E-state index is 0.00214. The van der Waals surface area contributed by atoms with E-state index in [1.807, 2.05) is 114 Å². The number of ether oxygens (including phenoxy) is 3. The first-order valence-electron chi connectivity index (χ1n) is 13.8. The van der Waals surface area contributed by atoms with Crippen molar-refractivity contribution in [3.8, 4) is 5.75 Å². The van der Waals surface area contributed by atoms with Gasteiger partial charge in [-0.15, -0.1) is 0 Å². The molecule has 2 amide bonds. The minimum atomic E-state index is -0.584. The molecule has 0 aliphatic carbocycles. The highest BCUT2D eigenvalue weighted by Gasteiger charge is 2.19. The first-order chi connectivity index (χ1) is 19.3. The maximum absolute atomic E-state index is 12.2. The molecule has 0 aliphatic heterocycles. The molecule has 8 nitrogen and oxygen atoms in total. The number of anilines is 2. The lowest BCUT2D eigenvalue weighted by Crippen LogP contribution is -2.27. The van der Waals surface area contributed by atoms with Gasteiger partial charge in [-0.05, 0) is 101 Å². The maximum Gasteiger partial charge on any atom is 0.412 e. The highest BCUT2D eigenvalue weighted by Crippen LogP contribution is 2.31. The highest BCUT2D eigenvalue weighted by molar-refractivity contribution is 5.85. The summed E-state index contributed by atoms with van der Waals surface area (Å²) >= 11 is 0. The number of hydrogen-bond acceptors (Lipinski definition) is 6. The van der Waals surface area contributed by atoms with Gasteiger partial charge in [0.15, 0.2) is 0 Å². The van der Waals surface area contributed by atoms with Gasteiger partial charge >= 0.3 is 12.2 Å². The second kappa shape index (κ2) is 14.0. The first kappa shape index (κ1) is 31.5. The molecule has 8 heteroatoms. The number of rotatable bonds is 10. The normalized spacial score (nSPS) is 11.6. The molecule has 3 rings (SSSR count). The summed E-state index contributed by atoms with van der Waals surface area (Å²) < 4.78 is 16.4. The molecular weight excluding hydrogens is 520 g/mol. The third-order valence-electron chi connectivity index (χ3n) is 5.85. The van der Waals surface area contributed by atoms with E-state index >= 15 is 0 Å². The number of nitrogens with one attached hydrogen (secondary N) is 2. The Morgan fingerprint density at radius 1 is 0.707 bits per heavy atom. The number of aliphatic hydroxyl groups excluding tert-OH is 1. The SMILES string of the molecule is CC(C)(C)OC(=O)Nc1ccc(C(Cc2ccc(OCCCO)cc2)c2ccc(NC(=O)OC(C)(C)C)cc2)cc1. The number of carbonyl (C=O) groups is 2. The van der Waals surface area contributed by atoms with Crippen LogP contribution in [0, 0.1) is 0 Å². The molecule has 0 bridgehead atoms. The topological polar surface area (TPSA) is 106 Å². The van der Waals surface area contributed by atoms with Crippen molar-refractivity contribution in [3.05, 3.63) is 89.5 Å². The molecule has 0 aliphatic rings. The van der Waals surface area contributed by atoms with Crippen LogP contribution in [-0.2, 0) is 15.9 Å². The van der Waals surface area contributed by atoms with E-state index in [9.17, 15) is 9.59 Å². The summed E-state index contributed by atoms with van der Waals surface area (Å²) in [6.07, 6.45) is 0.294. The van der Waals surface area contributed by atoms with Gasteiger partial charge in [0.05, 0.1) is 6.61 Å². The second-order valence-corrected chi connectivity index (χ2v) is 11.8. The summed E-state index contributed by atoms with van der Waals surface area (Å²) in [6.45, 7) is 11.5. The van der Waals surface area contributed by atoms with Crippen LogP contribution in [-0.4, -0.2) is 41.7 Å². The molecule has 0 unspecified atom stereocenters. The number of carbonyl (C=O) groups excluding carboxylic acids is 2. The summed E-state index contributed by atoms with van der Waals surface area (Å²) in [7, 11) is 0. The van der Waals surface area contributed by atoms with Crippen LogP contribution in [0.15, 0.2) is 72.8 Å². The first-order valence-corrected chi connectivity index (χ1v) is 13.8. The van der Waals surface area contributed by atoms with Crippen LogP contribution < -0.4 is 15.4 Å². The van der Waals surface area contributed by atoms with E-state index in [2.05, 4.69) is 10.6 Å². The van der Waals surface area contributed by atoms with E-state index in [-0.39, 0.29) is 12.5 Å². The van der Waals surface area contributed by atoms with Crippen LogP contribution in [0.25, 0.3) is 0 Å². The third kappa shape index (κ3) is 11.2. The summed E-state index contributed by atoms with van der Waals surface area (Å²) in [6, 6.07) is 23.4. The Morgan fingerprint density at radius 3 is 1.54 bits per heavy atom. The smallest absolute Gasteiger partial charge is 0.412 e. The monoisotopic (exact) mass is 562 g/mol. The highest BCUT2D eigenvalue weighted by atomic mass is 16.6. The molecule has 0 saturated carbocycles. The van der Waals surface area contributed by atoms with Gasteiger partial charge < -0.3 is 19.3 Å². The zero-order chi connectivity index (χ0) is 30.0. The molecule has 41 heavy (non-hydrogen) atoms. The number of amides is 2. The van der Waals surface area contributed by atoms with Crippen LogP contribution in [0.2, 0.25) is 0 Å². The molecular formula is C33H42N2O6. The largest absolute Gasteiger partial charge is 0.494 e. The molecule has 0 spiro atoms. The van der Waals surface area contributed by atoms with E-state index in [0.717, 1.165) is 22.4 Å². The van der Waals surface area contributed by atoms with Gasteiger partial charge in [-0.25, -0.2) is 9.59 Å².